The topological polar surface area (TPSA) is 69.4 Å². The maximum absolute atomic E-state index is 5.88. The largest absolute Gasteiger partial charge is 0.225 e. The molecule has 0 N–H and O–H groups in total. The zero-order chi connectivity index (χ0) is 10.8. The predicted octanol–water partition coefficient (Wildman–Crippen LogP) is 1.46. The fourth-order valence-electron chi connectivity index (χ4n) is 0.797. The summed E-state index contributed by atoms with van der Waals surface area (Å²) < 4.78 is 1.51. The van der Waals surface area contributed by atoms with E-state index < -0.39 is 0 Å². The van der Waals surface area contributed by atoms with Crippen molar-refractivity contribution in [3.8, 4) is 0 Å². The van der Waals surface area contributed by atoms with Crippen molar-refractivity contribution in [2.45, 2.75) is 10.2 Å². The first-order chi connectivity index (χ1) is 7.16. The number of nitrogens with zero attached hydrogens (tertiary/aromatic N) is 6. The van der Waals surface area contributed by atoms with Crippen LogP contribution in [-0.4, -0.2) is 30.2 Å². The van der Waals surface area contributed by atoms with Crippen LogP contribution in [-0.2, 0) is 7.05 Å². The Labute approximate surface area is 99.0 Å². The fourth-order valence-corrected chi connectivity index (χ4v) is 1.89. The van der Waals surface area contributed by atoms with Crippen LogP contribution in [0.2, 0.25) is 10.3 Å². The van der Waals surface area contributed by atoms with Crippen LogP contribution >= 0.6 is 35.0 Å². The van der Waals surface area contributed by atoms with Gasteiger partial charge in [-0.15, -0.1) is 5.10 Å². The van der Waals surface area contributed by atoms with Crippen molar-refractivity contribution < 1.29 is 0 Å². The zero-order valence-electron chi connectivity index (χ0n) is 7.42. The Morgan fingerprint density at radius 2 is 2.20 bits per heavy atom. The first-order valence-electron chi connectivity index (χ1n) is 3.75. The second-order valence-corrected chi connectivity index (χ2v) is 4.18. The van der Waals surface area contributed by atoms with Gasteiger partial charge in [-0.3, -0.25) is 0 Å². The molecule has 0 radical (unpaired) electrons. The lowest BCUT2D eigenvalue weighted by Crippen LogP contribution is -1.94. The number of aryl methyl sites for hydroxylation is 1. The Morgan fingerprint density at radius 3 is 2.87 bits per heavy atom. The summed E-state index contributed by atoms with van der Waals surface area (Å²) in [5.74, 6) is 0. The highest BCUT2D eigenvalue weighted by Crippen LogP contribution is 2.29. The van der Waals surface area contributed by atoms with Crippen molar-refractivity contribution in [2.24, 2.45) is 7.05 Å². The van der Waals surface area contributed by atoms with Crippen molar-refractivity contribution in [2.75, 3.05) is 0 Å². The van der Waals surface area contributed by atoms with Crippen LogP contribution in [0, 0.1) is 0 Å². The summed E-state index contributed by atoms with van der Waals surface area (Å²) in [6, 6.07) is 0. The Hall–Kier alpha value is -0.920. The third kappa shape index (κ3) is 2.36. The molecule has 0 aliphatic rings. The Kier molecular flexibility index (Phi) is 3.03. The van der Waals surface area contributed by atoms with Crippen molar-refractivity contribution in [1.82, 2.24) is 30.2 Å². The highest BCUT2D eigenvalue weighted by atomic mass is 35.5. The summed E-state index contributed by atoms with van der Waals surface area (Å²) in [6.07, 6.45) is 1.43. The molecule has 0 unspecified atom stereocenters. The van der Waals surface area contributed by atoms with Gasteiger partial charge in [0.25, 0.3) is 0 Å². The molecule has 0 aromatic carbocycles. The van der Waals surface area contributed by atoms with E-state index in [2.05, 4.69) is 25.5 Å². The maximum atomic E-state index is 5.88. The van der Waals surface area contributed by atoms with Gasteiger partial charge < -0.3 is 0 Å². The minimum Gasteiger partial charge on any atom is -0.225 e. The summed E-state index contributed by atoms with van der Waals surface area (Å²) in [4.78, 5) is 7.71. The number of hydrogen-bond acceptors (Lipinski definition) is 6. The lowest BCUT2D eigenvalue weighted by Gasteiger charge is -2.00. The normalized spacial score (nSPS) is 10.6. The zero-order valence-corrected chi connectivity index (χ0v) is 9.75. The van der Waals surface area contributed by atoms with E-state index in [0.717, 1.165) is 0 Å². The van der Waals surface area contributed by atoms with Crippen molar-refractivity contribution in [3.05, 3.63) is 16.5 Å². The van der Waals surface area contributed by atoms with E-state index in [1.807, 2.05) is 0 Å². The maximum Gasteiger partial charge on any atom is 0.223 e. The van der Waals surface area contributed by atoms with Crippen LogP contribution in [0.1, 0.15) is 0 Å². The highest BCUT2D eigenvalue weighted by Gasteiger charge is 2.10. The summed E-state index contributed by atoms with van der Waals surface area (Å²) >= 11 is 12.7. The van der Waals surface area contributed by atoms with E-state index in [1.165, 1.54) is 22.6 Å². The second-order valence-electron chi connectivity index (χ2n) is 2.48. The van der Waals surface area contributed by atoms with E-state index in [9.17, 15) is 0 Å². The van der Waals surface area contributed by atoms with Gasteiger partial charge in [-0.1, -0.05) is 11.6 Å². The first kappa shape index (κ1) is 10.6. The Bertz CT molecular complexity index is 486. The predicted molar refractivity (Wildman–Crippen MR) is 55.0 cm³/mol. The summed E-state index contributed by atoms with van der Waals surface area (Å²) in [6.45, 7) is 0. The quantitative estimate of drug-likeness (QED) is 0.603. The molecule has 0 aliphatic carbocycles. The monoisotopic (exact) mass is 262 g/mol. The Morgan fingerprint density at radius 1 is 1.40 bits per heavy atom. The van der Waals surface area contributed by atoms with Crippen LogP contribution in [0.3, 0.4) is 0 Å². The molecule has 0 fully saturated rings. The second kappa shape index (κ2) is 4.30. The van der Waals surface area contributed by atoms with Gasteiger partial charge >= 0.3 is 0 Å². The molecule has 0 saturated carbocycles. The first-order valence-corrected chi connectivity index (χ1v) is 5.32. The average molecular weight is 263 g/mol. The van der Waals surface area contributed by atoms with Gasteiger partial charge in [0.15, 0.2) is 0 Å². The van der Waals surface area contributed by atoms with Crippen molar-refractivity contribution >= 4 is 35.0 Å². The molecule has 0 amide bonds. The molecule has 0 aliphatic heterocycles. The smallest absolute Gasteiger partial charge is 0.223 e. The molecule has 0 bridgehead atoms. The van der Waals surface area contributed by atoms with Gasteiger partial charge in [0, 0.05) is 7.05 Å². The molecule has 0 atom stereocenters. The van der Waals surface area contributed by atoms with Gasteiger partial charge in [-0.2, -0.15) is 0 Å². The SMILES string of the molecule is Cn1nnnc1Sc1nc(Cl)ncc1Cl. The molecule has 2 rings (SSSR count). The molecule has 78 valence electrons. The van der Waals surface area contributed by atoms with Crippen molar-refractivity contribution in [1.29, 1.82) is 0 Å². The summed E-state index contributed by atoms with van der Waals surface area (Å²) in [5, 5.41) is 12.6. The standard InChI is InChI=1S/C6H4Cl2N6S/c1-14-6(11-12-13-14)15-4-3(7)2-9-5(8)10-4/h2H,1H3. The van der Waals surface area contributed by atoms with Gasteiger partial charge in [0.05, 0.1) is 11.2 Å². The van der Waals surface area contributed by atoms with E-state index in [4.69, 9.17) is 23.2 Å². The molecular weight excluding hydrogens is 259 g/mol. The fraction of sp³-hybridized carbons (Fsp3) is 0.167. The highest BCUT2D eigenvalue weighted by molar-refractivity contribution is 7.99. The van der Waals surface area contributed by atoms with Gasteiger partial charge in [-0.25, -0.2) is 14.6 Å². The van der Waals surface area contributed by atoms with Gasteiger partial charge in [0.2, 0.25) is 10.4 Å². The Balaban J connectivity index is 2.32. The van der Waals surface area contributed by atoms with Crippen LogP contribution in [0.25, 0.3) is 0 Å². The molecule has 0 spiro atoms. The molecule has 2 aromatic rings. The van der Waals surface area contributed by atoms with E-state index in [-0.39, 0.29) is 5.28 Å². The van der Waals surface area contributed by atoms with E-state index in [0.29, 0.717) is 15.2 Å². The molecule has 9 heteroatoms. The molecule has 2 heterocycles. The number of halogens is 2. The average Bonchev–Trinajstić information content (AvgIpc) is 2.58. The van der Waals surface area contributed by atoms with Crippen LogP contribution in [0.15, 0.2) is 16.4 Å². The lowest BCUT2D eigenvalue weighted by atomic mass is 10.7. The minimum atomic E-state index is 0.136. The number of hydrogen-bond donors (Lipinski definition) is 0. The summed E-state index contributed by atoms with van der Waals surface area (Å²) in [7, 11) is 1.72. The van der Waals surface area contributed by atoms with Gasteiger partial charge in [-0.05, 0) is 33.8 Å². The third-order valence-corrected chi connectivity index (χ3v) is 3.06. The summed E-state index contributed by atoms with van der Waals surface area (Å²) in [5.41, 5.74) is 0. The third-order valence-electron chi connectivity index (χ3n) is 1.45. The number of rotatable bonds is 2. The van der Waals surface area contributed by atoms with Crippen LogP contribution < -0.4 is 0 Å². The van der Waals surface area contributed by atoms with E-state index >= 15 is 0 Å². The van der Waals surface area contributed by atoms with Crippen LogP contribution in [0.5, 0.6) is 0 Å². The van der Waals surface area contributed by atoms with Crippen molar-refractivity contribution in [3.63, 3.8) is 0 Å². The lowest BCUT2D eigenvalue weighted by molar-refractivity contribution is 0.664. The number of tetrazole rings is 1. The molecule has 0 saturated heterocycles. The number of aromatic nitrogens is 6. The van der Waals surface area contributed by atoms with E-state index in [1.54, 1.807) is 7.05 Å². The minimum absolute atomic E-state index is 0.136. The molecular formula is C6H4Cl2N6S. The van der Waals surface area contributed by atoms with Gasteiger partial charge in [0.1, 0.15) is 5.03 Å². The van der Waals surface area contributed by atoms with Crippen LogP contribution in [0.4, 0.5) is 0 Å². The molecule has 15 heavy (non-hydrogen) atoms. The molecule has 2 aromatic heterocycles. The molecule has 6 nitrogen and oxygen atoms in total.